The number of nitrogens with zero attached hydrogens (tertiary/aromatic N) is 1. The first-order chi connectivity index (χ1) is 16.0. The van der Waals surface area contributed by atoms with Crippen molar-refractivity contribution in [2.75, 3.05) is 6.54 Å². The van der Waals surface area contributed by atoms with E-state index in [2.05, 4.69) is 95.0 Å². The van der Waals surface area contributed by atoms with Crippen molar-refractivity contribution >= 4 is 0 Å². The number of benzene rings is 3. The lowest BCUT2D eigenvalue weighted by molar-refractivity contribution is 0.118. The average molecular weight is 459 g/mol. The van der Waals surface area contributed by atoms with Crippen LogP contribution in [0.4, 0.5) is 0 Å². The second kappa shape index (κ2) is 11.2. The third-order valence-corrected chi connectivity index (χ3v) is 6.27. The van der Waals surface area contributed by atoms with E-state index in [9.17, 15) is 0 Å². The minimum atomic E-state index is 0.0372. The summed E-state index contributed by atoms with van der Waals surface area (Å²) < 4.78 is 5.92. The zero-order valence-electron chi connectivity index (χ0n) is 21.8. The summed E-state index contributed by atoms with van der Waals surface area (Å²) in [7, 11) is 0. The zero-order valence-corrected chi connectivity index (χ0v) is 21.8. The van der Waals surface area contributed by atoms with Gasteiger partial charge in [0, 0.05) is 24.7 Å². The first kappa shape index (κ1) is 26.0. The maximum absolute atomic E-state index is 6.64. The second-order valence-corrected chi connectivity index (χ2v) is 11.4. The van der Waals surface area contributed by atoms with Gasteiger partial charge in [-0.1, -0.05) is 87.5 Å². The monoisotopic (exact) mass is 458 g/mol. The Hall–Kier alpha value is -2.62. The topological polar surface area (TPSA) is 38.5 Å². The fourth-order valence-electron chi connectivity index (χ4n) is 4.02. The molecule has 0 amide bonds. The van der Waals surface area contributed by atoms with Crippen molar-refractivity contribution in [1.82, 2.24) is 4.90 Å². The number of nitrogens with two attached hydrogens (primary N) is 1. The fraction of sp³-hybridized carbons (Fsp3) is 0.419. The molecule has 1 unspecified atom stereocenters. The number of ether oxygens (including phenoxy) is 1. The zero-order chi connectivity index (χ0) is 24.8. The van der Waals surface area contributed by atoms with Gasteiger partial charge in [-0.2, -0.15) is 0 Å². The molecule has 0 fully saturated rings. The van der Waals surface area contributed by atoms with Crippen molar-refractivity contribution < 1.29 is 4.74 Å². The Morgan fingerprint density at radius 2 is 1.32 bits per heavy atom. The highest BCUT2D eigenvalue weighted by Crippen LogP contribution is 2.24. The predicted octanol–water partition coefficient (Wildman–Crippen LogP) is 6.73. The molecule has 0 spiro atoms. The first-order valence-corrected chi connectivity index (χ1v) is 12.4. The highest BCUT2D eigenvalue weighted by atomic mass is 16.5. The molecule has 0 radical (unpaired) electrons. The van der Waals surface area contributed by atoms with Gasteiger partial charge < -0.3 is 10.5 Å². The summed E-state index contributed by atoms with van der Waals surface area (Å²) in [5.74, 6) is 0.885. The number of rotatable bonds is 9. The first-order valence-electron chi connectivity index (χ1n) is 12.4. The van der Waals surface area contributed by atoms with Gasteiger partial charge in [0.05, 0.1) is 0 Å². The molecule has 0 aliphatic heterocycles. The lowest BCUT2D eigenvalue weighted by atomic mass is 9.86. The van der Waals surface area contributed by atoms with Crippen LogP contribution in [0.5, 0.6) is 5.75 Å². The average Bonchev–Trinajstić information content (AvgIpc) is 2.78. The van der Waals surface area contributed by atoms with E-state index in [1.165, 1.54) is 22.3 Å². The molecular formula is C31H42N2O. The van der Waals surface area contributed by atoms with Gasteiger partial charge in [-0.25, -0.2) is 0 Å². The van der Waals surface area contributed by atoms with Crippen LogP contribution in [0.3, 0.4) is 0 Å². The van der Waals surface area contributed by atoms with Gasteiger partial charge in [-0.3, -0.25) is 4.90 Å². The fourth-order valence-corrected chi connectivity index (χ4v) is 4.02. The highest BCUT2D eigenvalue weighted by Gasteiger charge is 2.24. The Bertz CT molecular complexity index is 997. The Morgan fingerprint density at radius 3 is 1.88 bits per heavy atom. The van der Waals surface area contributed by atoms with Crippen LogP contribution in [-0.2, 0) is 25.0 Å². The van der Waals surface area contributed by atoms with Crippen LogP contribution in [-0.4, -0.2) is 23.0 Å². The lowest BCUT2D eigenvalue weighted by Gasteiger charge is -2.37. The van der Waals surface area contributed by atoms with Crippen LogP contribution in [0.25, 0.3) is 0 Å². The van der Waals surface area contributed by atoms with Crippen LogP contribution in [0.2, 0.25) is 0 Å². The van der Waals surface area contributed by atoms with Gasteiger partial charge in [-0.15, -0.1) is 0 Å². The van der Waals surface area contributed by atoms with Crippen LogP contribution < -0.4 is 10.5 Å². The molecule has 2 N–H and O–H groups in total. The smallest absolute Gasteiger partial charge is 0.119 e. The molecule has 0 aromatic heterocycles. The Kier molecular flexibility index (Phi) is 8.57. The van der Waals surface area contributed by atoms with Crippen LogP contribution in [0, 0.1) is 0 Å². The molecule has 0 aliphatic carbocycles. The molecule has 3 aromatic rings. The largest absolute Gasteiger partial charge is 0.489 e. The molecule has 3 rings (SSSR count). The summed E-state index contributed by atoms with van der Waals surface area (Å²) in [5.41, 5.74) is 12.0. The van der Waals surface area contributed by atoms with Crippen LogP contribution >= 0.6 is 0 Å². The molecule has 0 aliphatic rings. The van der Waals surface area contributed by atoms with E-state index in [-0.39, 0.29) is 17.0 Å². The van der Waals surface area contributed by atoms with Gasteiger partial charge in [0.2, 0.25) is 0 Å². The molecule has 0 bridgehead atoms. The Morgan fingerprint density at radius 1 is 0.735 bits per heavy atom. The van der Waals surface area contributed by atoms with E-state index in [1.54, 1.807) is 0 Å². The lowest BCUT2D eigenvalue weighted by Crippen LogP contribution is -2.47. The summed E-state index contributed by atoms with van der Waals surface area (Å²) in [4.78, 5) is 2.49. The molecule has 3 heteroatoms. The number of hydrogen-bond donors (Lipinski definition) is 1. The van der Waals surface area contributed by atoms with E-state index in [1.807, 2.05) is 30.3 Å². The van der Waals surface area contributed by atoms with Crippen molar-refractivity contribution in [3.63, 3.8) is 0 Å². The van der Waals surface area contributed by atoms with Crippen LogP contribution in [0.1, 0.15) is 63.8 Å². The molecule has 182 valence electrons. The Labute approximate surface area is 207 Å². The molecule has 3 aromatic carbocycles. The molecule has 3 nitrogen and oxygen atoms in total. The van der Waals surface area contributed by atoms with Gasteiger partial charge in [0.25, 0.3) is 0 Å². The quantitative estimate of drug-likeness (QED) is 0.386. The summed E-state index contributed by atoms with van der Waals surface area (Å²) in [6, 6.07) is 27.7. The van der Waals surface area contributed by atoms with Crippen molar-refractivity contribution in [3.8, 4) is 5.75 Å². The second-order valence-electron chi connectivity index (χ2n) is 11.4. The van der Waals surface area contributed by atoms with E-state index in [0.29, 0.717) is 6.61 Å². The van der Waals surface area contributed by atoms with Crippen LogP contribution in [0.15, 0.2) is 78.9 Å². The standard InChI is InChI=1S/C31H42N2O/c1-30(2,3)27-16-12-25(13-17-27)21-33(31(4,5)6)22-28(32)20-24-14-18-29(19-15-24)34-23-26-10-8-7-9-11-26/h7-19,28H,20-23,32H2,1-6H3. The summed E-state index contributed by atoms with van der Waals surface area (Å²) in [5, 5.41) is 0. The van der Waals surface area contributed by atoms with E-state index in [0.717, 1.165) is 25.3 Å². The number of hydrogen-bond acceptors (Lipinski definition) is 3. The van der Waals surface area contributed by atoms with Gasteiger partial charge in [0.1, 0.15) is 12.4 Å². The summed E-state index contributed by atoms with van der Waals surface area (Å²) in [6.45, 7) is 15.9. The molecule has 0 heterocycles. The van der Waals surface area contributed by atoms with Gasteiger partial charge in [0.15, 0.2) is 0 Å². The minimum Gasteiger partial charge on any atom is -0.489 e. The summed E-state index contributed by atoms with van der Waals surface area (Å²) in [6.07, 6.45) is 0.842. The maximum Gasteiger partial charge on any atom is 0.119 e. The molecule has 0 saturated carbocycles. The highest BCUT2D eigenvalue weighted by molar-refractivity contribution is 5.29. The van der Waals surface area contributed by atoms with E-state index < -0.39 is 0 Å². The van der Waals surface area contributed by atoms with Gasteiger partial charge >= 0.3 is 0 Å². The van der Waals surface area contributed by atoms with Crippen molar-refractivity contribution in [2.45, 2.75) is 78.1 Å². The third kappa shape index (κ3) is 8.00. The van der Waals surface area contributed by atoms with E-state index >= 15 is 0 Å². The molecule has 1 atom stereocenters. The third-order valence-electron chi connectivity index (χ3n) is 6.27. The van der Waals surface area contributed by atoms with Crippen molar-refractivity contribution in [1.29, 1.82) is 0 Å². The van der Waals surface area contributed by atoms with E-state index in [4.69, 9.17) is 10.5 Å². The van der Waals surface area contributed by atoms with Crippen molar-refractivity contribution in [2.24, 2.45) is 5.73 Å². The molecule has 0 saturated heterocycles. The van der Waals surface area contributed by atoms with Gasteiger partial charge in [-0.05, 0) is 67.0 Å². The predicted molar refractivity (Wildman–Crippen MR) is 144 cm³/mol. The maximum atomic E-state index is 6.64. The SMILES string of the molecule is CC(C)(C)c1ccc(CN(CC(N)Cc2ccc(OCc3ccccc3)cc2)C(C)(C)C)cc1. The Balaban J connectivity index is 1.56. The summed E-state index contributed by atoms with van der Waals surface area (Å²) >= 11 is 0. The van der Waals surface area contributed by atoms with Crippen molar-refractivity contribution in [3.05, 3.63) is 101 Å². The normalized spacial score (nSPS) is 13.2. The minimum absolute atomic E-state index is 0.0372. The molecule has 34 heavy (non-hydrogen) atoms. The molecular weight excluding hydrogens is 416 g/mol.